The summed E-state index contributed by atoms with van der Waals surface area (Å²) in [6.07, 6.45) is 13.4. The van der Waals surface area contributed by atoms with Gasteiger partial charge in [-0.05, 0) is 82.0 Å². The first-order valence-electron chi connectivity index (χ1n) is 15.3. The van der Waals surface area contributed by atoms with E-state index in [1.807, 2.05) is 19.1 Å². The number of ether oxygens (including phenoxy) is 1. The van der Waals surface area contributed by atoms with Gasteiger partial charge in [0.2, 0.25) is 11.7 Å². The summed E-state index contributed by atoms with van der Waals surface area (Å²) in [5.41, 5.74) is 2.55. The molecule has 0 spiro atoms. The number of rotatable bonds is 13. The minimum atomic E-state index is -0.209. The topological polar surface area (TPSA) is 114 Å². The van der Waals surface area contributed by atoms with Crippen molar-refractivity contribution >= 4 is 17.8 Å². The van der Waals surface area contributed by atoms with Gasteiger partial charge in [-0.3, -0.25) is 19.4 Å². The van der Waals surface area contributed by atoms with Gasteiger partial charge in [0.05, 0.1) is 24.1 Å². The molecular weight excluding hydrogens is 520 g/mol. The van der Waals surface area contributed by atoms with Gasteiger partial charge in [0.15, 0.2) is 0 Å². The van der Waals surface area contributed by atoms with Gasteiger partial charge in [-0.15, -0.1) is 0 Å². The van der Waals surface area contributed by atoms with E-state index in [4.69, 9.17) is 9.15 Å². The molecule has 0 bridgehead atoms. The number of aromatic nitrogens is 1. The SMILES string of the molecule is CCOC(=O)CCCNC(=O)CC1(CCN2CCC(NC(=O)c3occc3-c3ccc(C)cn3)CC2)CCCCC1. The molecule has 3 heterocycles. The Kier molecular flexibility index (Phi) is 11.4. The van der Waals surface area contributed by atoms with Gasteiger partial charge in [0, 0.05) is 44.7 Å². The second kappa shape index (κ2) is 15.1. The molecule has 1 saturated carbocycles. The Morgan fingerprint density at radius 3 is 2.61 bits per heavy atom. The fourth-order valence-electron chi connectivity index (χ4n) is 6.17. The predicted octanol–water partition coefficient (Wildman–Crippen LogP) is 5.03. The summed E-state index contributed by atoms with van der Waals surface area (Å²) in [4.78, 5) is 44.3. The fourth-order valence-corrected chi connectivity index (χ4v) is 6.17. The number of nitrogens with one attached hydrogen (secondary N) is 2. The predicted molar refractivity (Wildman–Crippen MR) is 157 cm³/mol. The number of hydrogen-bond acceptors (Lipinski definition) is 7. The van der Waals surface area contributed by atoms with Gasteiger partial charge in [-0.2, -0.15) is 0 Å². The highest BCUT2D eigenvalue weighted by Gasteiger charge is 2.35. The summed E-state index contributed by atoms with van der Waals surface area (Å²) in [7, 11) is 0. The third kappa shape index (κ3) is 9.15. The van der Waals surface area contributed by atoms with Crippen LogP contribution in [0.3, 0.4) is 0 Å². The Balaban J connectivity index is 1.21. The van der Waals surface area contributed by atoms with Gasteiger partial charge in [-0.1, -0.05) is 25.3 Å². The number of pyridine rings is 1. The minimum Gasteiger partial charge on any atom is -0.466 e. The Bertz CT molecular complexity index is 1130. The normalized spacial score (nSPS) is 17.6. The fraction of sp³-hybridized carbons (Fsp3) is 0.625. The quantitative estimate of drug-likeness (QED) is 0.258. The van der Waals surface area contributed by atoms with Gasteiger partial charge < -0.3 is 24.7 Å². The number of piperidine rings is 1. The Hall–Kier alpha value is -3.20. The Morgan fingerprint density at radius 1 is 1.12 bits per heavy atom. The van der Waals surface area contributed by atoms with E-state index in [1.165, 1.54) is 19.3 Å². The molecule has 2 aromatic rings. The Labute approximate surface area is 243 Å². The molecule has 1 saturated heterocycles. The van der Waals surface area contributed by atoms with Crippen molar-refractivity contribution in [3.8, 4) is 11.3 Å². The monoisotopic (exact) mass is 566 g/mol. The lowest BCUT2D eigenvalue weighted by Gasteiger charge is -2.40. The lowest BCUT2D eigenvalue weighted by molar-refractivity contribution is -0.143. The average molecular weight is 567 g/mol. The van der Waals surface area contributed by atoms with E-state index < -0.39 is 0 Å². The van der Waals surface area contributed by atoms with Crippen LogP contribution >= 0.6 is 0 Å². The molecule has 41 heavy (non-hydrogen) atoms. The van der Waals surface area contributed by atoms with E-state index in [0.29, 0.717) is 43.7 Å². The molecule has 0 aromatic carbocycles. The van der Waals surface area contributed by atoms with Crippen molar-refractivity contribution in [3.63, 3.8) is 0 Å². The number of hydrogen-bond donors (Lipinski definition) is 2. The molecule has 9 nitrogen and oxygen atoms in total. The van der Waals surface area contributed by atoms with Gasteiger partial charge in [-0.25, -0.2) is 0 Å². The van der Waals surface area contributed by atoms with E-state index >= 15 is 0 Å². The smallest absolute Gasteiger partial charge is 0.305 e. The molecule has 2 aromatic heterocycles. The number of aryl methyl sites for hydroxylation is 1. The molecule has 4 rings (SSSR count). The van der Waals surface area contributed by atoms with E-state index in [0.717, 1.165) is 63.0 Å². The van der Waals surface area contributed by atoms with Crippen LogP contribution in [0.1, 0.15) is 93.7 Å². The second-order valence-electron chi connectivity index (χ2n) is 11.7. The highest BCUT2D eigenvalue weighted by molar-refractivity contribution is 5.97. The molecule has 1 aliphatic heterocycles. The van der Waals surface area contributed by atoms with Crippen LogP contribution in [0.5, 0.6) is 0 Å². The number of amides is 2. The number of furan rings is 1. The third-order valence-electron chi connectivity index (χ3n) is 8.57. The zero-order valence-electron chi connectivity index (χ0n) is 24.7. The van der Waals surface area contributed by atoms with E-state index in [1.54, 1.807) is 25.5 Å². The van der Waals surface area contributed by atoms with Crippen LogP contribution in [0.4, 0.5) is 0 Å². The molecule has 2 amide bonds. The Morgan fingerprint density at radius 2 is 1.90 bits per heavy atom. The van der Waals surface area contributed by atoms with Crippen molar-refractivity contribution < 1.29 is 23.5 Å². The van der Waals surface area contributed by atoms with E-state index in [2.05, 4.69) is 20.5 Å². The maximum Gasteiger partial charge on any atom is 0.305 e. The van der Waals surface area contributed by atoms with Crippen LogP contribution in [0, 0.1) is 12.3 Å². The number of likely N-dealkylation sites (tertiary alicyclic amines) is 1. The lowest BCUT2D eigenvalue weighted by atomic mass is 9.69. The van der Waals surface area contributed by atoms with Crippen molar-refractivity contribution in [2.24, 2.45) is 5.41 Å². The van der Waals surface area contributed by atoms with Crippen LogP contribution in [0.15, 0.2) is 35.1 Å². The van der Waals surface area contributed by atoms with Crippen LogP contribution < -0.4 is 10.6 Å². The standard InChI is InChI=1S/C32H46N4O5/c1-3-40-29(38)8-7-17-33-28(37)22-32(14-5-4-6-15-32)16-20-36-18-11-25(12-19-36)35-31(39)30-26(13-21-41-30)27-10-9-24(2)23-34-27/h9-10,13,21,23,25H,3-8,11-12,14-20,22H2,1-2H3,(H,33,37)(H,35,39). The summed E-state index contributed by atoms with van der Waals surface area (Å²) in [5.74, 6) is -0.00291. The van der Waals surface area contributed by atoms with Crippen LogP contribution in [0.2, 0.25) is 0 Å². The summed E-state index contributed by atoms with van der Waals surface area (Å²) in [5, 5.41) is 6.20. The first-order valence-corrected chi connectivity index (χ1v) is 15.3. The summed E-state index contributed by atoms with van der Waals surface area (Å²) in [6, 6.07) is 5.78. The highest BCUT2D eigenvalue weighted by Crippen LogP contribution is 2.42. The van der Waals surface area contributed by atoms with E-state index in [-0.39, 0.29) is 29.2 Å². The number of nitrogens with zero attached hydrogens (tertiary/aromatic N) is 2. The minimum absolute atomic E-state index is 0.0498. The van der Waals surface area contributed by atoms with Gasteiger partial charge in [0.25, 0.3) is 5.91 Å². The third-order valence-corrected chi connectivity index (χ3v) is 8.57. The molecule has 0 unspecified atom stereocenters. The molecular formula is C32H46N4O5. The molecule has 2 N–H and O–H groups in total. The molecule has 0 atom stereocenters. The van der Waals surface area contributed by atoms with Crippen molar-refractivity contribution in [2.45, 2.75) is 90.5 Å². The first kappa shape index (κ1) is 30.8. The van der Waals surface area contributed by atoms with Crippen molar-refractivity contribution in [1.29, 1.82) is 0 Å². The highest BCUT2D eigenvalue weighted by atomic mass is 16.5. The molecule has 2 aliphatic rings. The maximum atomic E-state index is 13.0. The average Bonchev–Trinajstić information content (AvgIpc) is 3.46. The molecule has 1 aliphatic carbocycles. The summed E-state index contributed by atoms with van der Waals surface area (Å²) in [6.45, 7) is 7.49. The molecule has 2 fully saturated rings. The lowest BCUT2D eigenvalue weighted by Crippen LogP contribution is -2.46. The number of esters is 1. The zero-order valence-corrected chi connectivity index (χ0v) is 24.7. The van der Waals surface area contributed by atoms with Crippen molar-refractivity contribution in [2.75, 3.05) is 32.8 Å². The van der Waals surface area contributed by atoms with Crippen LogP contribution in [-0.2, 0) is 14.3 Å². The number of carbonyl (C=O) groups is 3. The van der Waals surface area contributed by atoms with Crippen molar-refractivity contribution in [1.82, 2.24) is 20.5 Å². The maximum absolute atomic E-state index is 13.0. The first-order chi connectivity index (χ1) is 19.9. The van der Waals surface area contributed by atoms with Gasteiger partial charge in [0.1, 0.15) is 0 Å². The molecule has 224 valence electrons. The van der Waals surface area contributed by atoms with E-state index in [9.17, 15) is 14.4 Å². The van der Waals surface area contributed by atoms with Crippen LogP contribution in [-0.4, -0.2) is 66.5 Å². The van der Waals surface area contributed by atoms with Crippen LogP contribution in [0.25, 0.3) is 11.3 Å². The summed E-state index contributed by atoms with van der Waals surface area (Å²) >= 11 is 0. The number of carbonyl (C=O) groups excluding carboxylic acids is 3. The molecule has 0 radical (unpaired) electrons. The van der Waals surface area contributed by atoms with Gasteiger partial charge >= 0.3 is 5.97 Å². The largest absolute Gasteiger partial charge is 0.466 e. The molecule has 9 heteroatoms. The van der Waals surface area contributed by atoms with Crippen molar-refractivity contribution in [3.05, 3.63) is 42.0 Å². The summed E-state index contributed by atoms with van der Waals surface area (Å²) < 4.78 is 10.5. The second-order valence-corrected chi connectivity index (χ2v) is 11.7. The zero-order chi connectivity index (χ0) is 29.1.